The lowest BCUT2D eigenvalue weighted by Crippen LogP contribution is -2.07. The Hall–Kier alpha value is -2.18. The van der Waals surface area contributed by atoms with Crippen molar-refractivity contribution in [2.45, 2.75) is 24.5 Å². The number of pyridine rings is 1. The van der Waals surface area contributed by atoms with Gasteiger partial charge in [-0.1, -0.05) is 42.1 Å². The predicted octanol–water partition coefficient (Wildman–Crippen LogP) is 3.71. The minimum Gasteiger partial charge on any atom is -0.383 e. The molecule has 0 amide bonds. The zero-order valence-electron chi connectivity index (χ0n) is 14.3. The van der Waals surface area contributed by atoms with E-state index in [1.165, 1.54) is 5.56 Å². The molecule has 0 bridgehead atoms. The van der Waals surface area contributed by atoms with E-state index in [-0.39, 0.29) is 0 Å². The van der Waals surface area contributed by atoms with E-state index < -0.39 is 0 Å². The maximum atomic E-state index is 5.25. The molecule has 6 heteroatoms. The molecule has 0 spiro atoms. The standard InChI is InChI=1S/C19H22N4OS/c1-24-14-13-23-18(17-9-11-20-12-10-17)21-22-19(23)25-15-5-8-16-6-3-2-4-7-16/h2-4,6-7,9-12H,5,8,13-15H2,1H3. The van der Waals surface area contributed by atoms with E-state index in [0.717, 1.165) is 41.7 Å². The van der Waals surface area contributed by atoms with Crippen LogP contribution in [0, 0.1) is 0 Å². The maximum absolute atomic E-state index is 5.25. The molecule has 0 N–H and O–H groups in total. The van der Waals surface area contributed by atoms with Gasteiger partial charge in [-0.15, -0.1) is 10.2 Å². The van der Waals surface area contributed by atoms with Crippen LogP contribution in [0.5, 0.6) is 0 Å². The largest absolute Gasteiger partial charge is 0.383 e. The predicted molar refractivity (Wildman–Crippen MR) is 101 cm³/mol. The summed E-state index contributed by atoms with van der Waals surface area (Å²) in [4.78, 5) is 4.07. The number of thioether (sulfide) groups is 1. The van der Waals surface area contributed by atoms with Crippen LogP contribution in [-0.4, -0.2) is 39.2 Å². The van der Waals surface area contributed by atoms with Gasteiger partial charge in [0.15, 0.2) is 11.0 Å². The first-order valence-corrected chi connectivity index (χ1v) is 9.36. The third-order valence-electron chi connectivity index (χ3n) is 3.86. The molecule has 0 unspecified atom stereocenters. The van der Waals surface area contributed by atoms with Gasteiger partial charge in [-0.2, -0.15) is 0 Å². The Kier molecular flexibility index (Phi) is 6.59. The van der Waals surface area contributed by atoms with Crippen LogP contribution in [0.25, 0.3) is 11.4 Å². The van der Waals surface area contributed by atoms with Crippen molar-refractivity contribution in [2.24, 2.45) is 0 Å². The molecule has 1 aromatic carbocycles. The summed E-state index contributed by atoms with van der Waals surface area (Å²) in [5.74, 6) is 1.88. The SMILES string of the molecule is COCCn1c(SCCCc2ccccc2)nnc1-c1ccncc1. The molecule has 3 aromatic rings. The number of aromatic nitrogens is 4. The molecule has 0 radical (unpaired) electrons. The van der Waals surface area contributed by atoms with Crippen LogP contribution in [0.3, 0.4) is 0 Å². The summed E-state index contributed by atoms with van der Waals surface area (Å²) >= 11 is 1.75. The molecule has 0 fully saturated rings. The van der Waals surface area contributed by atoms with Crippen molar-refractivity contribution in [1.29, 1.82) is 0 Å². The first-order valence-electron chi connectivity index (χ1n) is 8.38. The van der Waals surface area contributed by atoms with Crippen molar-refractivity contribution in [3.8, 4) is 11.4 Å². The number of ether oxygens (including phenoxy) is 1. The molecule has 0 atom stereocenters. The second-order valence-electron chi connectivity index (χ2n) is 5.62. The average molecular weight is 354 g/mol. The Morgan fingerprint density at radius 2 is 1.84 bits per heavy atom. The molecule has 2 aromatic heterocycles. The Bertz CT molecular complexity index is 762. The van der Waals surface area contributed by atoms with E-state index in [2.05, 4.69) is 50.1 Å². The summed E-state index contributed by atoms with van der Waals surface area (Å²) < 4.78 is 7.38. The number of hydrogen-bond acceptors (Lipinski definition) is 5. The van der Waals surface area contributed by atoms with Crippen LogP contribution < -0.4 is 0 Å². The summed E-state index contributed by atoms with van der Waals surface area (Å²) in [6.07, 6.45) is 5.74. The van der Waals surface area contributed by atoms with Crippen LogP contribution in [0.15, 0.2) is 60.0 Å². The minimum atomic E-state index is 0.633. The van der Waals surface area contributed by atoms with Gasteiger partial charge in [0.1, 0.15) is 0 Å². The second kappa shape index (κ2) is 9.34. The quantitative estimate of drug-likeness (QED) is 0.433. The van der Waals surface area contributed by atoms with E-state index in [0.29, 0.717) is 6.61 Å². The fraction of sp³-hybridized carbons (Fsp3) is 0.316. The van der Waals surface area contributed by atoms with Crippen LogP contribution in [0.4, 0.5) is 0 Å². The summed E-state index contributed by atoms with van der Waals surface area (Å²) in [7, 11) is 1.71. The van der Waals surface area contributed by atoms with E-state index in [9.17, 15) is 0 Å². The smallest absolute Gasteiger partial charge is 0.191 e. The van der Waals surface area contributed by atoms with E-state index in [4.69, 9.17) is 4.74 Å². The lowest BCUT2D eigenvalue weighted by Gasteiger charge is -2.09. The normalized spacial score (nSPS) is 10.9. The molecule has 3 rings (SSSR count). The summed E-state index contributed by atoms with van der Waals surface area (Å²) in [6, 6.07) is 14.5. The number of methoxy groups -OCH3 is 1. The van der Waals surface area contributed by atoms with Crippen LogP contribution in [0.1, 0.15) is 12.0 Å². The fourth-order valence-electron chi connectivity index (χ4n) is 2.58. The highest BCUT2D eigenvalue weighted by molar-refractivity contribution is 7.99. The topological polar surface area (TPSA) is 52.8 Å². The number of nitrogens with zero attached hydrogens (tertiary/aromatic N) is 4. The Morgan fingerprint density at radius 1 is 1.04 bits per heavy atom. The van der Waals surface area contributed by atoms with Crippen molar-refractivity contribution < 1.29 is 4.74 Å². The van der Waals surface area contributed by atoms with Crippen LogP contribution in [-0.2, 0) is 17.7 Å². The zero-order valence-corrected chi connectivity index (χ0v) is 15.2. The van der Waals surface area contributed by atoms with Gasteiger partial charge in [-0.25, -0.2) is 0 Å². The zero-order chi connectivity index (χ0) is 17.3. The van der Waals surface area contributed by atoms with Crippen molar-refractivity contribution in [2.75, 3.05) is 19.5 Å². The molecule has 0 aliphatic rings. The molecule has 5 nitrogen and oxygen atoms in total. The summed E-state index contributed by atoms with van der Waals surface area (Å²) in [5.41, 5.74) is 2.40. The second-order valence-corrected chi connectivity index (χ2v) is 6.69. The molecule has 0 aliphatic carbocycles. The van der Waals surface area contributed by atoms with Gasteiger partial charge in [0.05, 0.1) is 13.2 Å². The van der Waals surface area contributed by atoms with Gasteiger partial charge in [0.25, 0.3) is 0 Å². The molecule has 0 saturated carbocycles. The van der Waals surface area contributed by atoms with Gasteiger partial charge < -0.3 is 4.74 Å². The van der Waals surface area contributed by atoms with Gasteiger partial charge >= 0.3 is 0 Å². The van der Waals surface area contributed by atoms with Gasteiger partial charge in [-0.05, 0) is 30.5 Å². The lowest BCUT2D eigenvalue weighted by atomic mass is 10.1. The highest BCUT2D eigenvalue weighted by Crippen LogP contribution is 2.24. The number of benzene rings is 1. The lowest BCUT2D eigenvalue weighted by molar-refractivity contribution is 0.185. The molecule has 2 heterocycles. The Balaban J connectivity index is 1.65. The molecule has 25 heavy (non-hydrogen) atoms. The molecule has 0 saturated heterocycles. The molecular weight excluding hydrogens is 332 g/mol. The first kappa shape index (κ1) is 17.6. The van der Waals surface area contributed by atoms with Gasteiger partial charge in [0, 0.05) is 30.8 Å². The first-order chi connectivity index (χ1) is 12.4. The van der Waals surface area contributed by atoms with Crippen molar-refractivity contribution in [3.05, 3.63) is 60.4 Å². The van der Waals surface area contributed by atoms with Crippen molar-refractivity contribution >= 4 is 11.8 Å². The van der Waals surface area contributed by atoms with Crippen LogP contribution in [0.2, 0.25) is 0 Å². The molecule has 0 aliphatic heterocycles. The number of aryl methyl sites for hydroxylation is 1. The number of hydrogen-bond donors (Lipinski definition) is 0. The monoisotopic (exact) mass is 354 g/mol. The number of rotatable bonds is 9. The Morgan fingerprint density at radius 3 is 2.60 bits per heavy atom. The van der Waals surface area contributed by atoms with Crippen LogP contribution >= 0.6 is 11.8 Å². The van der Waals surface area contributed by atoms with Crippen molar-refractivity contribution in [1.82, 2.24) is 19.7 Å². The highest BCUT2D eigenvalue weighted by Gasteiger charge is 2.14. The molecular formula is C19H22N4OS. The summed E-state index contributed by atoms with van der Waals surface area (Å²) in [5, 5.41) is 9.72. The average Bonchev–Trinajstić information content (AvgIpc) is 3.08. The van der Waals surface area contributed by atoms with E-state index in [1.54, 1.807) is 31.3 Å². The third kappa shape index (κ3) is 4.90. The third-order valence-corrected chi connectivity index (χ3v) is 4.91. The highest BCUT2D eigenvalue weighted by atomic mass is 32.2. The van der Waals surface area contributed by atoms with Crippen molar-refractivity contribution in [3.63, 3.8) is 0 Å². The Labute approximate surface area is 152 Å². The summed E-state index contributed by atoms with van der Waals surface area (Å²) in [6.45, 7) is 1.37. The van der Waals surface area contributed by atoms with Gasteiger partial charge in [-0.3, -0.25) is 9.55 Å². The van der Waals surface area contributed by atoms with E-state index in [1.807, 2.05) is 12.1 Å². The van der Waals surface area contributed by atoms with Gasteiger partial charge in [0.2, 0.25) is 0 Å². The maximum Gasteiger partial charge on any atom is 0.191 e. The van der Waals surface area contributed by atoms with E-state index >= 15 is 0 Å². The minimum absolute atomic E-state index is 0.633. The molecule has 130 valence electrons. The fourth-order valence-corrected chi connectivity index (χ4v) is 3.48.